The van der Waals surface area contributed by atoms with Crippen LogP contribution in [0.1, 0.15) is 11.1 Å². The molecule has 15 heavy (non-hydrogen) atoms. The first-order valence-corrected chi connectivity index (χ1v) is 3.78. The third-order valence-electron chi connectivity index (χ3n) is 1.65. The smallest absolute Gasteiger partial charge is 0.264 e. The van der Waals surface area contributed by atoms with Crippen LogP contribution in [0.5, 0.6) is 0 Å². The third kappa shape index (κ3) is 2.90. The molecule has 0 radical (unpaired) electrons. The van der Waals surface area contributed by atoms with Crippen molar-refractivity contribution in [3.05, 3.63) is 45.3 Å². The van der Waals surface area contributed by atoms with Gasteiger partial charge in [-0.2, -0.15) is 13.2 Å². The highest BCUT2D eigenvalue weighted by Gasteiger charge is 2.34. The van der Waals surface area contributed by atoms with E-state index in [2.05, 4.69) is 0 Å². The van der Waals surface area contributed by atoms with E-state index in [9.17, 15) is 27.7 Å². The number of alkyl halides is 3. The van der Waals surface area contributed by atoms with Crippen molar-refractivity contribution in [2.45, 2.75) is 12.7 Å². The molecule has 1 aromatic rings. The first-order chi connectivity index (χ1) is 6.80. The number of hydrogen-bond donors (Lipinski definition) is 0. The Bertz CT molecular complexity index is 389. The van der Waals surface area contributed by atoms with Crippen molar-refractivity contribution in [2.75, 3.05) is 0 Å². The summed E-state index contributed by atoms with van der Waals surface area (Å²) >= 11 is 0. The van der Waals surface area contributed by atoms with Crippen LogP contribution in [0.25, 0.3) is 0 Å². The number of hydrogen-bond acceptors (Lipinski definition) is 2. The maximum Gasteiger partial charge on any atom is 0.419 e. The van der Waals surface area contributed by atoms with E-state index in [0.29, 0.717) is 12.1 Å². The average Bonchev–Trinajstić information content (AvgIpc) is 2.05. The molecule has 7 heteroatoms. The second kappa shape index (κ2) is 3.84. The monoisotopic (exact) mass is 223 g/mol. The fourth-order valence-corrected chi connectivity index (χ4v) is 1.04. The number of rotatable bonds is 2. The fourth-order valence-electron chi connectivity index (χ4n) is 1.04. The van der Waals surface area contributed by atoms with E-state index >= 15 is 0 Å². The number of halogens is 4. The van der Waals surface area contributed by atoms with Gasteiger partial charge in [0.1, 0.15) is 5.82 Å². The molecule has 0 N–H and O–H groups in total. The van der Waals surface area contributed by atoms with Crippen molar-refractivity contribution in [3.63, 3.8) is 0 Å². The molecule has 0 atom stereocenters. The molecular weight excluding hydrogens is 218 g/mol. The average molecular weight is 223 g/mol. The van der Waals surface area contributed by atoms with Gasteiger partial charge >= 0.3 is 6.18 Å². The Hall–Kier alpha value is -1.66. The quantitative estimate of drug-likeness (QED) is 0.439. The zero-order chi connectivity index (χ0) is 11.6. The normalized spacial score (nSPS) is 11.5. The molecule has 0 fully saturated rings. The predicted molar refractivity (Wildman–Crippen MR) is 42.1 cm³/mol. The van der Waals surface area contributed by atoms with Crippen LogP contribution in [0.15, 0.2) is 18.2 Å². The summed E-state index contributed by atoms with van der Waals surface area (Å²) in [4.78, 5) is 9.26. The summed E-state index contributed by atoms with van der Waals surface area (Å²) in [6.07, 6.45) is -4.84. The topological polar surface area (TPSA) is 43.1 Å². The molecule has 1 rings (SSSR count). The van der Waals surface area contributed by atoms with Crippen molar-refractivity contribution < 1.29 is 22.5 Å². The van der Waals surface area contributed by atoms with Crippen molar-refractivity contribution in [1.29, 1.82) is 0 Å². The number of nitrogens with zero attached hydrogens (tertiary/aromatic N) is 1. The number of benzene rings is 1. The molecule has 3 nitrogen and oxygen atoms in total. The highest BCUT2D eigenvalue weighted by Crippen LogP contribution is 2.31. The van der Waals surface area contributed by atoms with Gasteiger partial charge in [0.2, 0.25) is 6.54 Å². The Kier molecular flexibility index (Phi) is 2.92. The van der Waals surface area contributed by atoms with E-state index in [4.69, 9.17) is 0 Å². The van der Waals surface area contributed by atoms with Gasteiger partial charge in [0, 0.05) is 10.5 Å². The van der Waals surface area contributed by atoms with Gasteiger partial charge in [-0.1, -0.05) is 0 Å². The van der Waals surface area contributed by atoms with Gasteiger partial charge in [0.25, 0.3) is 0 Å². The van der Waals surface area contributed by atoms with Crippen molar-refractivity contribution in [3.8, 4) is 0 Å². The minimum Gasteiger partial charge on any atom is -0.264 e. The molecule has 0 aromatic heterocycles. The zero-order valence-electron chi connectivity index (χ0n) is 7.21. The summed E-state index contributed by atoms with van der Waals surface area (Å²) in [5, 5.41) is 10.0. The number of nitro groups is 1. The van der Waals surface area contributed by atoms with E-state index in [-0.39, 0.29) is 5.56 Å². The SMILES string of the molecule is O=[N+]([O-])Cc1ccc(F)c(C(F)(F)F)c1. The van der Waals surface area contributed by atoms with E-state index < -0.39 is 29.0 Å². The second-order valence-corrected chi connectivity index (χ2v) is 2.80. The minimum absolute atomic E-state index is 0.186. The summed E-state index contributed by atoms with van der Waals surface area (Å²) in [6.45, 7) is -0.761. The summed E-state index contributed by atoms with van der Waals surface area (Å²) in [5.41, 5.74) is -1.67. The Morgan fingerprint density at radius 3 is 2.40 bits per heavy atom. The van der Waals surface area contributed by atoms with E-state index in [1.54, 1.807) is 0 Å². The largest absolute Gasteiger partial charge is 0.419 e. The van der Waals surface area contributed by atoms with Gasteiger partial charge in [0.15, 0.2) is 0 Å². The Labute approximate surface area is 81.5 Å². The molecule has 0 amide bonds. The lowest BCUT2D eigenvalue weighted by atomic mass is 10.1. The third-order valence-corrected chi connectivity index (χ3v) is 1.65. The van der Waals surface area contributed by atoms with Crippen LogP contribution in [0, 0.1) is 15.9 Å². The molecule has 0 bridgehead atoms. The van der Waals surface area contributed by atoms with Gasteiger partial charge in [-0.3, -0.25) is 10.1 Å². The van der Waals surface area contributed by atoms with Crippen LogP contribution >= 0.6 is 0 Å². The highest BCUT2D eigenvalue weighted by atomic mass is 19.4. The maximum atomic E-state index is 12.7. The van der Waals surface area contributed by atoms with Gasteiger partial charge in [0.05, 0.1) is 5.56 Å². The van der Waals surface area contributed by atoms with E-state index in [0.717, 1.165) is 6.07 Å². The van der Waals surface area contributed by atoms with Crippen LogP contribution < -0.4 is 0 Å². The molecule has 0 saturated carbocycles. The fraction of sp³-hybridized carbons (Fsp3) is 0.250. The van der Waals surface area contributed by atoms with E-state index in [1.165, 1.54) is 0 Å². The van der Waals surface area contributed by atoms with Crippen LogP contribution in [0.3, 0.4) is 0 Å². The maximum absolute atomic E-state index is 12.7. The molecule has 0 aliphatic carbocycles. The Morgan fingerprint density at radius 2 is 1.93 bits per heavy atom. The van der Waals surface area contributed by atoms with Gasteiger partial charge in [-0.25, -0.2) is 4.39 Å². The summed E-state index contributed by atoms with van der Waals surface area (Å²) in [5.74, 6) is -1.44. The standard InChI is InChI=1S/C8H5F4NO2/c9-7-2-1-5(4-13(14)15)3-6(7)8(10,11)12/h1-3H,4H2. The molecule has 0 spiro atoms. The lowest BCUT2D eigenvalue weighted by molar-refractivity contribution is -0.496. The molecule has 0 aliphatic rings. The lowest BCUT2D eigenvalue weighted by Crippen LogP contribution is -2.09. The van der Waals surface area contributed by atoms with Crippen molar-refractivity contribution in [2.24, 2.45) is 0 Å². The predicted octanol–water partition coefficient (Wildman–Crippen LogP) is 2.62. The molecule has 0 aliphatic heterocycles. The van der Waals surface area contributed by atoms with Crippen LogP contribution in [0.2, 0.25) is 0 Å². The molecule has 0 heterocycles. The molecule has 0 saturated heterocycles. The molecular formula is C8H5F4NO2. The highest BCUT2D eigenvalue weighted by molar-refractivity contribution is 5.26. The second-order valence-electron chi connectivity index (χ2n) is 2.80. The van der Waals surface area contributed by atoms with Gasteiger partial charge in [-0.05, 0) is 18.2 Å². The van der Waals surface area contributed by atoms with Crippen LogP contribution in [0.4, 0.5) is 17.6 Å². The lowest BCUT2D eigenvalue weighted by Gasteiger charge is -2.08. The Balaban J connectivity index is 3.11. The summed E-state index contributed by atoms with van der Waals surface area (Å²) in [7, 11) is 0. The molecule has 1 aromatic carbocycles. The van der Waals surface area contributed by atoms with Crippen molar-refractivity contribution in [1.82, 2.24) is 0 Å². The van der Waals surface area contributed by atoms with Crippen LogP contribution in [-0.4, -0.2) is 4.92 Å². The van der Waals surface area contributed by atoms with Crippen LogP contribution in [-0.2, 0) is 12.7 Å². The Morgan fingerprint density at radius 1 is 1.33 bits per heavy atom. The van der Waals surface area contributed by atoms with Gasteiger partial charge < -0.3 is 0 Å². The first-order valence-electron chi connectivity index (χ1n) is 3.78. The van der Waals surface area contributed by atoms with Crippen molar-refractivity contribution >= 4 is 0 Å². The molecule has 0 unspecified atom stereocenters. The first kappa shape index (κ1) is 11.4. The van der Waals surface area contributed by atoms with E-state index in [1.807, 2.05) is 0 Å². The zero-order valence-corrected chi connectivity index (χ0v) is 7.21. The summed E-state index contributed by atoms with van der Waals surface area (Å²) < 4.78 is 49.2. The van der Waals surface area contributed by atoms with Gasteiger partial charge in [-0.15, -0.1) is 0 Å². The minimum atomic E-state index is -4.84. The molecule has 82 valence electrons. The summed E-state index contributed by atoms with van der Waals surface area (Å²) in [6, 6.07) is 1.97.